The zero-order chi connectivity index (χ0) is 11.4. The molecule has 16 heavy (non-hydrogen) atoms. The molecule has 2 aliphatic rings. The number of hydrogen-bond donors (Lipinski definition) is 1. The van der Waals surface area contributed by atoms with Crippen LogP contribution in [0, 0.1) is 5.92 Å². The van der Waals surface area contributed by atoms with Gasteiger partial charge in [0.1, 0.15) is 0 Å². The van der Waals surface area contributed by atoms with Gasteiger partial charge in [-0.3, -0.25) is 4.79 Å². The lowest BCUT2D eigenvalue weighted by Gasteiger charge is -2.26. The highest BCUT2D eigenvalue weighted by atomic mass is 16.7. The van der Waals surface area contributed by atoms with Crippen molar-refractivity contribution in [3.05, 3.63) is 0 Å². The number of hydrogen-bond acceptors (Lipinski definition) is 4. The van der Waals surface area contributed by atoms with E-state index in [0.717, 1.165) is 19.4 Å². The molecule has 2 saturated heterocycles. The molecule has 2 aliphatic heterocycles. The largest absolute Gasteiger partial charge is 0.376 e. The minimum absolute atomic E-state index is 0.00222. The second-order valence-corrected chi connectivity index (χ2v) is 4.31. The SMILES string of the molecule is CC1OCC(C(=O)NCC2CCCO2)CO1. The number of carbonyl (C=O) groups excluding carboxylic acids is 1. The Bertz CT molecular complexity index is 232. The molecule has 0 spiro atoms. The van der Waals surface area contributed by atoms with Crippen molar-refractivity contribution in [2.75, 3.05) is 26.4 Å². The summed E-state index contributed by atoms with van der Waals surface area (Å²) in [6.07, 6.45) is 2.12. The summed E-state index contributed by atoms with van der Waals surface area (Å²) in [6.45, 7) is 4.14. The molecule has 5 nitrogen and oxygen atoms in total. The molecule has 0 bridgehead atoms. The van der Waals surface area contributed by atoms with Gasteiger partial charge in [-0.25, -0.2) is 0 Å². The Morgan fingerprint density at radius 2 is 2.06 bits per heavy atom. The van der Waals surface area contributed by atoms with E-state index in [1.165, 1.54) is 0 Å². The topological polar surface area (TPSA) is 56.8 Å². The van der Waals surface area contributed by atoms with Gasteiger partial charge >= 0.3 is 0 Å². The van der Waals surface area contributed by atoms with Crippen LogP contribution in [0.15, 0.2) is 0 Å². The summed E-state index contributed by atoms with van der Waals surface area (Å²) in [5, 5.41) is 2.89. The van der Waals surface area contributed by atoms with Gasteiger partial charge < -0.3 is 19.5 Å². The molecule has 1 unspecified atom stereocenters. The molecule has 0 aromatic heterocycles. The van der Waals surface area contributed by atoms with Crippen molar-refractivity contribution in [1.82, 2.24) is 5.32 Å². The minimum atomic E-state index is -0.192. The zero-order valence-electron chi connectivity index (χ0n) is 9.61. The highest BCUT2D eigenvalue weighted by Gasteiger charge is 2.26. The molecule has 2 rings (SSSR count). The fourth-order valence-corrected chi connectivity index (χ4v) is 1.92. The summed E-state index contributed by atoms with van der Waals surface area (Å²) >= 11 is 0. The van der Waals surface area contributed by atoms with Crippen LogP contribution in [0.3, 0.4) is 0 Å². The summed E-state index contributed by atoms with van der Waals surface area (Å²) in [4.78, 5) is 11.7. The van der Waals surface area contributed by atoms with Gasteiger partial charge in [0, 0.05) is 13.2 Å². The van der Waals surface area contributed by atoms with E-state index in [1.54, 1.807) is 0 Å². The first-order valence-electron chi connectivity index (χ1n) is 5.88. The quantitative estimate of drug-likeness (QED) is 0.755. The monoisotopic (exact) mass is 229 g/mol. The van der Waals surface area contributed by atoms with E-state index in [2.05, 4.69) is 5.32 Å². The molecule has 1 atom stereocenters. The Labute approximate surface area is 95.4 Å². The number of nitrogens with one attached hydrogen (secondary N) is 1. The van der Waals surface area contributed by atoms with E-state index in [0.29, 0.717) is 19.8 Å². The van der Waals surface area contributed by atoms with Gasteiger partial charge in [-0.05, 0) is 19.8 Å². The number of ether oxygens (including phenoxy) is 3. The molecule has 1 amide bonds. The first-order chi connectivity index (χ1) is 7.75. The lowest BCUT2D eigenvalue weighted by molar-refractivity contribution is -0.192. The summed E-state index contributed by atoms with van der Waals surface area (Å²) in [7, 11) is 0. The average molecular weight is 229 g/mol. The molecule has 0 aromatic carbocycles. The molecule has 0 saturated carbocycles. The van der Waals surface area contributed by atoms with Gasteiger partial charge in [0.15, 0.2) is 6.29 Å². The van der Waals surface area contributed by atoms with Crippen molar-refractivity contribution in [1.29, 1.82) is 0 Å². The van der Waals surface area contributed by atoms with Crippen molar-refractivity contribution >= 4 is 5.91 Å². The summed E-state index contributed by atoms with van der Waals surface area (Å²) in [5.41, 5.74) is 0. The Hall–Kier alpha value is -0.650. The van der Waals surface area contributed by atoms with E-state index in [-0.39, 0.29) is 24.2 Å². The van der Waals surface area contributed by atoms with E-state index >= 15 is 0 Å². The minimum Gasteiger partial charge on any atom is -0.376 e. The summed E-state index contributed by atoms with van der Waals surface area (Å²) in [5.74, 6) is -0.181. The predicted molar refractivity (Wildman–Crippen MR) is 56.8 cm³/mol. The van der Waals surface area contributed by atoms with Crippen LogP contribution < -0.4 is 5.32 Å². The first-order valence-corrected chi connectivity index (χ1v) is 5.88. The average Bonchev–Trinajstić information content (AvgIpc) is 2.80. The third kappa shape index (κ3) is 3.17. The molecule has 0 aromatic rings. The normalized spacial score (nSPS) is 34.9. The van der Waals surface area contributed by atoms with E-state index in [9.17, 15) is 4.79 Å². The van der Waals surface area contributed by atoms with Gasteiger partial charge in [0.2, 0.25) is 5.91 Å². The van der Waals surface area contributed by atoms with E-state index in [1.807, 2.05) is 6.92 Å². The molecular weight excluding hydrogens is 210 g/mol. The first kappa shape index (κ1) is 11.8. The van der Waals surface area contributed by atoms with Crippen LogP contribution in [0.5, 0.6) is 0 Å². The molecule has 5 heteroatoms. The molecular formula is C11H19NO4. The van der Waals surface area contributed by atoms with Crippen LogP contribution in [0.25, 0.3) is 0 Å². The van der Waals surface area contributed by atoms with Crippen molar-refractivity contribution < 1.29 is 19.0 Å². The number of carbonyl (C=O) groups is 1. The third-order valence-corrected chi connectivity index (χ3v) is 2.96. The number of rotatable bonds is 3. The van der Waals surface area contributed by atoms with Crippen LogP contribution >= 0.6 is 0 Å². The van der Waals surface area contributed by atoms with Gasteiger partial charge in [0.25, 0.3) is 0 Å². The maximum absolute atomic E-state index is 11.7. The second kappa shape index (κ2) is 5.61. The van der Waals surface area contributed by atoms with E-state index < -0.39 is 0 Å². The van der Waals surface area contributed by atoms with Crippen molar-refractivity contribution in [3.8, 4) is 0 Å². The lowest BCUT2D eigenvalue weighted by atomic mass is 10.1. The molecule has 2 fully saturated rings. The maximum atomic E-state index is 11.7. The standard InChI is InChI=1S/C11H19NO4/c1-8-15-6-9(7-16-8)11(13)12-5-10-3-2-4-14-10/h8-10H,2-7H2,1H3,(H,12,13). The molecule has 0 radical (unpaired) electrons. The Morgan fingerprint density at radius 1 is 1.31 bits per heavy atom. The van der Waals surface area contributed by atoms with Crippen molar-refractivity contribution in [2.24, 2.45) is 5.92 Å². The van der Waals surface area contributed by atoms with Crippen molar-refractivity contribution in [2.45, 2.75) is 32.2 Å². The maximum Gasteiger partial charge on any atom is 0.227 e. The summed E-state index contributed by atoms with van der Waals surface area (Å²) in [6, 6.07) is 0. The predicted octanol–water partition coefficient (Wildman–Crippen LogP) is 0.291. The second-order valence-electron chi connectivity index (χ2n) is 4.31. The van der Waals surface area contributed by atoms with Gasteiger partial charge in [0.05, 0.1) is 25.2 Å². The molecule has 0 aliphatic carbocycles. The fourth-order valence-electron chi connectivity index (χ4n) is 1.92. The van der Waals surface area contributed by atoms with Gasteiger partial charge in [-0.15, -0.1) is 0 Å². The van der Waals surface area contributed by atoms with Crippen LogP contribution in [-0.4, -0.2) is 44.7 Å². The van der Waals surface area contributed by atoms with Gasteiger partial charge in [-0.1, -0.05) is 0 Å². The third-order valence-electron chi connectivity index (χ3n) is 2.96. The Kier molecular flexibility index (Phi) is 4.15. The summed E-state index contributed by atoms with van der Waals surface area (Å²) < 4.78 is 16.0. The highest BCUT2D eigenvalue weighted by molar-refractivity contribution is 5.79. The number of amides is 1. The molecule has 2 heterocycles. The lowest BCUT2D eigenvalue weighted by Crippen LogP contribution is -2.43. The van der Waals surface area contributed by atoms with Crippen LogP contribution in [-0.2, 0) is 19.0 Å². The zero-order valence-corrected chi connectivity index (χ0v) is 9.61. The molecule has 92 valence electrons. The smallest absolute Gasteiger partial charge is 0.227 e. The van der Waals surface area contributed by atoms with Crippen LogP contribution in [0.1, 0.15) is 19.8 Å². The highest BCUT2D eigenvalue weighted by Crippen LogP contribution is 2.13. The van der Waals surface area contributed by atoms with Crippen LogP contribution in [0.4, 0.5) is 0 Å². The Balaban J connectivity index is 1.67. The van der Waals surface area contributed by atoms with E-state index in [4.69, 9.17) is 14.2 Å². The van der Waals surface area contributed by atoms with Gasteiger partial charge in [-0.2, -0.15) is 0 Å². The Morgan fingerprint density at radius 3 is 2.69 bits per heavy atom. The van der Waals surface area contributed by atoms with Crippen LogP contribution in [0.2, 0.25) is 0 Å². The fraction of sp³-hybridized carbons (Fsp3) is 0.909. The van der Waals surface area contributed by atoms with Crippen molar-refractivity contribution in [3.63, 3.8) is 0 Å². The molecule has 1 N–H and O–H groups in total.